The second-order valence-corrected chi connectivity index (χ2v) is 6.42. The van der Waals surface area contributed by atoms with E-state index in [-0.39, 0.29) is 11.6 Å². The first-order valence-electron chi connectivity index (χ1n) is 7.09. The standard InChI is InChI=1S/C15H18BrN3O2/c1-10-5-6-19(11(8-10)13-4-3-7-21-13)12-9-17-18(2)15(20)14(12)16/h3-4,7,9-11H,5-6,8H2,1-2H3. The molecule has 3 heterocycles. The van der Waals surface area contributed by atoms with E-state index >= 15 is 0 Å². The normalized spacial score (nSPS) is 22.5. The molecule has 0 radical (unpaired) electrons. The number of aromatic nitrogens is 2. The van der Waals surface area contributed by atoms with Crippen LogP contribution < -0.4 is 10.5 Å². The molecule has 0 aromatic carbocycles. The quantitative estimate of drug-likeness (QED) is 0.833. The monoisotopic (exact) mass is 351 g/mol. The van der Waals surface area contributed by atoms with Gasteiger partial charge >= 0.3 is 0 Å². The first-order valence-corrected chi connectivity index (χ1v) is 7.89. The van der Waals surface area contributed by atoms with E-state index < -0.39 is 0 Å². The van der Waals surface area contributed by atoms with Gasteiger partial charge in [0.25, 0.3) is 5.56 Å². The molecule has 2 atom stereocenters. The van der Waals surface area contributed by atoms with Gasteiger partial charge in [0.15, 0.2) is 0 Å². The van der Waals surface area contributed by atoms with E-state index in [1.165, 1.54) is 4.68 Å². The maximum atomic E-state index is 12.1. The Bertz CT molecular complexity index is 681. The first-order chi connectivity index (χ1) is 10.1. The molecule has 3 rings (SSSR count). The Morgan fingerprint density at radius 2 is 2.29 bits per heavy atom. The summed E-state index contributed by atoms with van der Waals surface area (Å²) >= 11 is 3.43. The average molecular weight is 352 g/mol. The molecule has 0 bridgehead atoms. The highest BCUT2D eigenvalue weighted by atomic mass is 79.9. The molecule has 2 aromatic heterocycles. The smallest absolute Gasteiger partial charge is 0.282 e. The molecule has 1 aliphatic rings. The number of hydrogen-bond donors (Lipinski definition) is 0. The highest BCUT2D eigenvalue weighted by molar-refractivity contribution is 9.10. The number of rotatable bonds is 2. The molecular weight excluding hydrogens is 334 g/mol. The summed E-state index contributed by atoms with van der Waals surface area (Å²) in [5, 5.41) is 4.15. The van der Waals surface area contributed by atoms with Gasteiger partial charge in [0.1, 0.15) is 10.2 Å². The summed E-state index contributed by atoms with van der Waals surface area (Å²) in [5.41, 5.74) is 0.718. The Balaban J connectivity index is 2.03. The molecule has 1 fully saturated rings. The van der Waals surface area contributed by atoms with E-state index in [1.807, 2.05) is 12.1 Å². The van der Waals surface area contributed by atoms with Crippen LogP contribution in [0.3, 0.4) is 0 Å². The fourth-order valence-corrected chi connectivity index (χ4v) is 3.47. The van der Waals surface area contributed by atoms with Crippen LogP contribution in [0.25, 0.3) is 0 Å². The van der Waals surface area contributed by atoms with Gasteiger partial charge in [-0.2, -0.15) is 5.10 Å². The Morgan fingerprint density at radius 3 is 3.00 bits per heavy atom. The second-order valence-electron chi connectivity index (χ2n) is 5.63. The molecule has 6 heteroatoms. The van der Waals surface area contributed by atoms with Gasteiger partial charge < -0.3 is 9.32 Å². The van der Waals surface area contributed by atoms with Crippen molar-refractivity contribution in [1.29, 1.82) is 0 Å². The van der Waals surface area contributed by atoms with Crippen molar-refractivity contribution in [2.75, 3.05) is 11.4 Å². The topological polar surface area (TPSA) is 51.3 Å². The van der Waals surface area contributed by atoms with E-state index in [0.717, 1.165) is 30.8 Å². The van der Waals surface area contributed by atoms with Crippen LogP contribution in [0.15, 0.2) is 38.3 Å². The van der Waals surface area contributed by atoms with Gasteiger partial charge in [-0.05, 0) is 46.8 Å². The molecule has 0 amide bonds. The summed E-state index contributed by atoms with van der Waals surface area (Å²) in [6.07, 6.45) is 5.55. The molecule has 2 aromatic rings. The van der Waals surface area contributed by atoms with E-state index in [2.05, 4.69) is 32.9 Å². The lowest BCUT2D eigenvalue weighted by Gasteiger charge is -2.39. The fraction of sp³-hybridized carbons (Fsp3) is 0.467. The number of halogens is 1. The van der Waals surface area contributed by atoms with Crippen LogP contribution >= 0.6 is 15.9 Å². The highest BCUT2D eigenvalue weighted by Crippen LogP contribution is 2.39. The molecule has 0 aliphatic carbocycles. The van der Waals surface area contributed by atoms with Gasteiger partial charge in [-0.1, -0.05) is 6.92 Å². The van der Waals surface area contributed by atoms with Gasteiger partial charge in [0, 0.05) is 13.6 Å². The number of piperidine rings is 1. The largest absolute Gasteiger partial charge is 0.467 e. The summed E-state index contributed by atoms with van der Waals surface area (Å²) in [6, 6.07) is 4.05. The van der Waals surface area contributed by atoms with E-state index in [0.29, 0.717) is 10.4 Å². The van der Waals surface area contributed by atoms with Crippen LogP contribution in [-0.2, 0) is 7.05 Å². The second kappa shape index (κ2) is 5.67. The summed E-state index contributed by atoms with van der Waals surface area (Å²) in [7, 11) is 1.65. The first kappa shape index (κ1) is 14.4. The number of nitrogens with zero attached hydrogens (tertiary/aromatic N) is 3. The van der Waals surface area contributed by atoms with Crippen LogP contribution in [-0.4, -0.2) is 16.3 Å². The van der Waals surface area contributed by atoms with Crippen LogP contribution in [0.1, 0.15) is 31.6 Å². The zero-order valence-electron chi connectivity index (χ0n) is 12.1. The maximum Gasteiger partial charge on any atom is 0.282 e. The average Bonchev–Trinajstić information content (AvgIpc) is 3.00. The zero-order valence-corrected chi connectivity index (χ0v) is 13.7. The third kappa shape index (κ3) is 2.64. The van der Waals surface area contributed by atoms with Gasteiger partial charge in [-0.3, -0.25) is 4.79 Å². The van der Waals surface area contributed by atoms with Crippen molar-refractivity contribution in [3.05, 3.63) is 45.2 Å². The SMILES string of the molecule is CC1CCN(c2cnn(C)c(=O)c2Br)C(c2ccco2)C1. The molecular formula is C15H18BrN3O2. The van der Waals surface area contributed by atoms with Gasteiger partial charge in [0.05, 0.1) is 24.2 Å². The number of furan rings is 1. The zero-order chi connectivity index (χ0) is 15.0. The van der Waals surface area contributed by atoms with Crippen LogP contribution in [0.2, 0.25) is 0 Å². The van der Waals surface area contributed by atoms with E-state index in [9.17, 15) is 4.79 Å². The number of hydrogen-bond acceptors (Lipinski definition) is 4. The van der Waals surface area contributed by atoms with Crippen molar-refractivity contribution in [3.63, 3.8) is 0 Å². The van der Waals surface area contributed by atoms with Crippen molar-refractivity contribution in [2.24, 2.45) is 13.0 Å². The van der Waals surface area contributed by atoms with Crippen molar-refractivity contribution < 1.29 is 4.42 Å². The van der Waals surface area contributed by atoms with Gasteiger partial charge in [0.2, 0.25) is 0 Å². The molecule has 1 aliphatic heterocycles. The van der Waals surface area contributed by atoms with E-state index in [4.69, 9.17) is 4.42 Å². The minimum absolute atomic E-state index is 0.121. The fourth-order valence-electron chi connectivity index (χ4n) is 2.88. The lowest BCUT2D eigenvalue weighted by atomic mass is 9.91. The Labute approximate surface area is 131 Å². The number of aryl methyl sites for hydroxylation is 1. The highest BCUT2D eigenvalue weighted by Gasteiger charge is 2.31. The predicted molar refractivity (Wildman–Crippen MR) is 84.4 cm³/mol. The lowest BCUT2D eigenvalue weighted by molar-refractivity contribution is 0.328. The van der Waals surface area contributed by atoms with Crippen LogP contribution in [0.5, 0.6) is 0 Å². The molecule has 5 nitrogen and oxygen atoms in total. The summed E-state index contributed by atoms with van der Waals surface area (Å²) in [5.74, 6) is 1.57. The van der Waals surface area contributed by atoms with E-state index in [1.54, 1.807) is 19.5 Å². The Kier molecular flexibility index (Phi) is 3.89. The molecule has 0 saturated carbocycles. The third-order valence-corrected chi connectivity index (χ3v) is 4.85. The molecule has 2 unspecified atom stereocenters. The third-order valence-electron chi connectivity index (χ3n) is 4.11. The molecule has 21 heavy (non-hydrogen) atoms. The Morgan fingerprint density at radius 1 is 1.48 bits per heavy atom. The lowest BCUT2D eigenvalue weighted by Crippen LogP contribution is -2.37. The molecule has 0 spiro atoms. The predicted octanol–water partition coefficient (Wildman–Crippen LogP) is 3.11. The van der Waals surface area contributed by atoms with Gasteiger partial charge in [-0.25, -0.2) is 4.68 Å². The van der Waals surface area contributed by atoms with Crippen molar-refractivity contribution >= 4 is 21.6 Å². The molecule has 1 saturated heterocycles. The minimum atomic E-state index is -0.121. The van der Waals surface area contributed by atoms with Crippen LogP contribution in [0, 0.1) is 5.92 Å². The Hall–Kier alpha value is -1.56. The summed E-state index contributed by atoms with van der Waals surface area (Å²) < 4.78 is 7.50. The minimum Gasteiger partial charge on any atom is -0.467 e. The molecule has 0 N–H and O–H groups in total. The summed E-state index contributed by atoms with van der Waals surface area (Å²) in [4.78, 5) is 14.3. The van der Waals surface area contributed by atoms with Crippen molar-refractivity contribution in [3.8, 4) is 0 Å². The van der Waals surface area contributed by atoms with Crippen molar-refractivity contribution in [2.45, 2.75) is 25.8 Å². The van der Waals surface area contributed by atoms with Crippen molar-refractivity contribution in [1.82, 2.24) is 9.78 Å². The van der Waals surface area contributed by atoms with Gasteiger partial charge in [-0.15, -0.1) is 0 Å². The summed E-state index contributed by atoms with van der Waals surface area (Å²) in [6.45, 7) is 3.14. The number of anilines is 1. The van der Waals surface area contributed by atoms with Crippen LogP contribution in [0.4, 0.5) is 5.69 Å². The maximum absolute atomic E-state index is 12.1. The molecule has 112 valence electrons.